The Hall–Kier alpha value is -0.830. The van der Waals surface area contributed by atoms with E-state index in [0.29, 0.717) is 11.5 Å². The fraction of sp³-hybridized carbons (Fsp3) is 0.455. The molecule has 1 fully saturated rings. The van der Waals surface area contributed by atoms with Crippen LogP contribution in [0.3, 0.4) is 0 Å². The second-order valence-corrected chi connectivity index (χ2v) is 6.24. The molecule has 0 spiro atoms. The Morgan fingerprint density at radius 3 is 2.36 bits per heavy atom. The molecule has 1 aromatic carbocycles. The summed E-state index contributed by atoms with van der Waals surface area (Å²) in [5, 5.41) is 0. The molecule has 0 amide bonds. The first-order chi connectivity index (χ1) is 6.57. The van der Waals surface area contributed by atoms with Crippen molar-refractivity contribution in [3.63, 3.8) is 0 Å². The lowest BCUT2D eigenvalue weighted by atomic mass is 9.98. The Labute approximate surface area is 84.9 Å². The smallest absolute Gasteiger partial charge is 0.150 e. The van der Waals surface area contributed by atoms with Gasteiger partial charge in [0.05, 0.1) is 11.5 Å². The molecule has 0 radical (unpaired) electrons. The number of rotatable bonds is 1. The van der Waals surface area contributed by atoms with Gasteiger partial charge in [-0.2, -0.15) is 0 Å². The van der Waals surface area contributed by atoms with E-state index in [9.17, 15) is 8.42 Å². The van der Waals surface area contributed by atoms with Gasteiger partial charge in [-0.25, -0.2) is 8.42 Å². The quantitative estimate of drug-likeness (QED) is 0.709. The summed E-state index contributed by atoms with van der Waals surface area (Å²) in [4.78, 5) is 0. The fourth-order valence-corrected chi connectivity index (χ4v) is 3.68. The molecule has 1 aliphatic rings. The SMILES string of the molecule is Cc1ccc(C2CCS(=O)(=O)C2)cc1. The van der Waals surface area contributed by atoms with Crippen LogP contribution < -0.4 is 0 Å². The molecule has 3 heteroatoms. The summed E-state index contributed by atoms with van der Waals surface area (Å²) in [6.07, 6.45) is 0.783. The molecule has 1 aromatic rings. The maximum Gasteiger partial charge on any atom is 0.150 e. The molecule has 0 aliphatic carbocycles. The summed E-state index contributed by atoms with van der Waals surface area (Å²) >= 11 is 0. The van der Waals surface area contributed by atoms with Gasteiger partial charge in [0.15, 0.2) is 9.84 Å². The van der Waals surface area contributed by atoms with E-state index in [4.69, 9.17) is 0 Å². The molecular weight excluding hydrogens is 196 g/mol. The molecule has 2 nitrogen and oxygen atoms in total. The van der Waals surface area contributed by atoms with E-state index in [1.165, 1.54) is 5.56 Å². The van der Waals surface area contributed by atoms with Gasteiger partial charge >= 0.3 is 0 Å². The van der Waals surface area contributed by atoms with Crippen LogP contribution in [-0.2, 0) is 9.84 Å². The summed E-state index contributed by atoms with van der Waals surface area (Å²) in [7, 11) is -2.75. The molecule has 0 bridgehead atoms. The fourth-order valence-electron chi connectivity index (χ4n) is 1.90. The Morgan fingerprint density at radius 1 is 1.21 bits per heavy atom. The maximum atomic E-state index is 11.3. The van der Waals surface area contributed by atoms with E-state index in [-0.39, 0.29) is 5.92 Å². The molecule has 1 unspecified atom stereocenters. The molecular formula is C11H14O2S. The third kappa shape index (κ3) is 1.98. The predicted molar refractivity (Wildman–Crippen MR) is 57.2 cm³/mol. The summed E-state index contributed by atoms with van der Waals surface area (Å²) in [6, 6.07) is 8.17. The average Bonchev–Trinajstić information content (AvgIpc) is 2.47. The van der Waals surface area contributed by atoms with Crippen LogP contribution in [0.1, 0.15) is 23.5 Å². The number of sulfone groups is 1. The van der Waals surface area contributed by atoms with Crippen molar-refractivity contribution in [3.05, 3.63) is 35.4 Å². The molecule has 2 rings (SSSR count). The van der Waals surface area contributed by atoms with Gasteiger partial charge in [-0.05, 0) is 24.8 Å². The van der Waals surface area contributed by atoms with E-state index in [0.717, 1.165) is 12.0 Å². The van der Waals surface area contributed by atoms with E-state index in [1.807, 2.05) is 31.2 Å². The van der Waals surface area contributed by atoms with E-state index >= 15 is 0 Å². The van der Waals surface area contributed by atoms with Gasteiger partial charge in [-0.15, -0.1) is 0 Å². The minimum atomic E-state index is -2.75. The lowest BCUT2D eigenvalue weighted by Crippen LogP contribution is -2.03. The van der Waals surface area contributed by atoms with Crippen molar-refractivity contribution in [3.8, 4) is 0 Å². The van der Waals surface area contributed by atoms with Gasteiger partial charge in [-0.1, -0.05) is 29.8 Å². The average molecular weight is 210 g/mol. The van der Waals surface area contributed by atoms with Crippen molar-refractivity contribution in [1.29, 1.82) is 0 Å². The summed E-state index contributed by atoms with van der Waals surface area (Å²) < 4.78 is 22.6. The minimum Gasteiger partial charge on any atom is -0.229 e. The minimum absolute atomic E-state index is 0.223. The predicted octanol–water partition coefficient (Wildman–Crippen LogP) is 1.90. The first-order valence-electron chi connectivity index (χ1n) is 4.84. The van der Waals surface area contributed by atoms with Crippen molar-refractivity contribution in [2.75, 3.05) is 11.5 Å². The highest BCUT2D eigenvalue weighted by Gasteiger charge is 2.28. The summed E-state index contributed by atoms with van der Waals surface area (Å²) in [5.74, 6) is 0.905. The highest BCUT2D eigenvalue weighted by atomic mass is 32.2. The highest BCUT2D eigenvalue weighted by Crippen LogP contribution is 2.28. The molecule has 76 valence electrons. The Kier molecular flexibility index (Phi) is 2.35. The second kappa shape index (κ2) is 3.39. The zero-order valence-electron chi connectivity index (χ0n) is 8.23. The largest absolute Gasteiger partial charge is 0.229 e. The van der Waals surface area contributed by atoms with Crippen LogP contribution in [0.4, 0.5) is 0 Å². The first-order valence-corrected chi connectivity index (χ1v) is 6.66. The lowest BCUT2D eigenvalue weighted by Gasteiger charge is -2.07. The van der Waals surface area contributed by atoms with Gasteiger partial charge in [0.2, 0.25) is 0 Å². The van der Waals surface area contributed by atoms with Crippen molar-refractivity contribution >= 4 is 9.84 Å². The number of hydrogen-bond donors (Lipinski definition) is 0. The van der Waals surface area contributed by atoms with Gasteiger partial charge in [0.25, 0.3) is 0 Å². The summed E-state index contributed by atoms with van der Waals surface area (Å²) in [5.41, 5.74) is 2.38. The van der Waals surface area contributed by atoms with Gasteiger partial charge < -0.3 is 0 Å². The zero-order chi connectivity index (χ0) is 10.2. The van der Waals surface area contributed by atoms with Crippen LogP contribution in [0.25, 0.3) is 0 Å². The van der Waals surface area contributed by atoms with E-state index < -0.39 is 9.84 Å². The zero-order valence-corrected chi connectivity index (χ0v) is 9.05. The standard InChI is InChI=1S/C11H14O2S/c1-9-2-4-10(5-3-9)11-6-7-14(12,13)8-11/h2-5,11H,6-8H2,1H3. The van der Waals surface area contributed by atoms with Crippen molar-refractivity contribution in [1.82, 2.24) is 0 Å². The number of aryl methyl sites for hydroxylation is 1. The Bertz CT molecular complexity index is 417. The molecule has 1 aliphatic heterocycles. The van der Waals surface area contributed by atoms with Crippen LogP contribution in [-0.4, -0.2) is 19.9 Å². The Morgan fingerprint density at radius 2 is 1.86 bits per heavy atom. The van der Waals surface area contributed by atoms with Crippen molar-refractivity contribution in [2.45, 2.75) is 19.3 Å². The molecule has 0 N–H and O–H groups in total. The van der Waals surface area contributed by atoms with Crippen molar-refractivity contribution in [2.24, 2.45) is 0 Å². The monoisotopic (exact) mass is 210 g/mol. The second-order valence-electron chi connectivity index (χ2n) is 4.01. The van der Waals surface area contributed by atoms with E-state index in [1.54, 1.807) is 0 Å². The highest BCUT2D eigenvalue weighted by molar-refractivity contribution is 7.91. The first kappa shape index (κ1) is 9.71. The van der Waals surface area contributed by atoms with Gasteiger partial charge in [-0.3, -0.25) is 0 Å². The number of benzene rings is 1. The third-order valence-electron chi connectivity index (χ3n) is 2.78. The van der Waals surface area contributed by atoms with E-state index in [2.05, 4.69) is 0 Å². The lowest BCUT2D eigenvalue weighted by molar-refractivity contribution is 0.601. The molecule has 1 atom stereocenters. The molecule has 1 saturated heterocycles. The van der Waals surface area contributed by atoms with Crippen molar-refractivity contribution < 1.29 is 8.42 Å². The van der Waals surface area contributed by atoms with Crippen LogP contribution in [0, 0.1) is 6.92 Å². The topological polar surface area (TPSA) is 34.1 Å². The number of hydrogen-bond acceptors (Lipinski definition) is 2. The van der Waals surface area contributed by atoms with Crippen LogP contribution in [0.2, 0.25) is 0 Å². The van der Waals surface area contributed by atoms with Gasteiger partial charge in [0.1, 0.15) is 0 Å². The Balaban J connectivity index is 2.22. The van der Waals surface area contributed by atoms with Crippen LogP contribution in [0.5, 0.6) is 0 Å². The molecule has 1 heterocycles. The third-order valence-corrected chi connectivity index (χ3v) is 4.55. The van der Waals surface area contributed by atoms with Crippen LogP contribution in [0.15, 0.2) is 24.3 Å². The molecule has 14 heavy (non-hydrogen) atoms. The maximum absolute atomic E-state index is 11.3. The molecule has 0 saturated carbocycles. The molecule has 0 aromatic heterocycles. The summed E-state index contributed by atoms with van der Waals surface area (Å²) in [6.45, 7) is 2.04. The van der Waals surface area contributed by atoms with Crippen LogP contribution >= 0.6 is 0 Å². The normalized spacial score (nSPS) is 25.1. The van der Waals surface area contributed by atoms with Gasteiger partial charge in [0, 0.05) is 0 Å².